The minimum atomic E-state index is -2.90. The van der Waals surface area contributed by atoms with Crippen LogP contribution in [0.1, 0.15) is 42.5 Å². The summed E-state index contributed by atoms with van der Waals surface area (Å²) < 4.78 is 28.3. The molecule has 1 fully saturated rings. The van der Waals surface area contributed by atoms with Gasteiger partial charge in [0.2, 0.25) is 5.91 Å². The van der Waals surface area contributed by atoms with Crippen molar-refractivity contribution in [3.05, 3.63) is 29.8 Å². The summed E-state index contributed by atoms with van der Waals surface area (Å²) in [7, 11) is 0. The third-order valence-corrected chi connectivity index (χ3v) is 3.72. The van der Waals surface area contributed by atoms with Crippen LogP contribution in [0.5, 0.6) is 5.75 Å². The molecule has 1 aromatic carbocycles. The van der Waals surface area contributed by atoms with E-state index in [1.165, 1.54) is 30.7 Å². The number of rotatable bonds is 6. The highest BCUT2D eigenvalue weighted by Crippen LogP contribution is 2.17. The number of nitrogens with one attached hydrogen (secondary N) is 2. The van der Waals surface area contributed by atoms with Gasteiger partial charge in [-0.2, -0.15) is 8.78 Å². The van der Waals surface area contributed by atoms with Gasteiger partial charge in [0.1, 0.15) is 5.75 Å². The van der Waals surface area contributed by atoms with Crippen molar-refractivity contribution in [2.45, 2.75) is 44.8 Å². The van der Waals surface area contributed by atoms with Gasteiger partial charge in [0.25, 0.3) is 5.91 Å². The van der Waals surface area contributed by atoms with Gasteiger partial charge in [-0.15, -0.1) is 0 Å². The first kappa shape index (κ1) is 17.2. The fourth-order valence-electron chi connectivity index (χ4n) is 2.58. The maximum atomic E-state index is 12.0. The molecule has 5 nitrogen and oxygen atoms in total. The molecule has 0 radical (unpaired) electrons. The summed E-state index contributed by atoms with van der Waals surface area (Å²) in [4.78, 5) is 23.7. The highest BCUT2D eigenvalue weighted by Gasteiger charge is 2.16. The van der Waals surface area contributed by atoms with Crippen molar-refractivity contribution in [3.8, 4) is 5.75 Å². The Morgan fingerprint density at radius 1 is 1.13 bits per heavy atom. The van der Waals surface area contributed by atoms with E-state index in [0.29, 0.717) is 0 Å². The molecule has 0 aromatic heterocycles. The van der Waals surface area contributed by atoms with Crippen LogP contribution in [0, 0.1) is 0 Å². The predicted octanol–water partition coefficient (Wildman–Crippen LogP) is 2.47. The Morgan fingerprint density at radius 2 is 1.78 bits per heavy atom. The van der Waals surface area contributed by atoms with Crippen molar-refractivity contribution in [1.29, 1.82) is 0 Å². The zero-order valence-electron chi connectivity index (χ0n) is 12.7. The number of carbonyl (C=O) groups is 2. The molecule has 23 heavy (non-hydrogen) atoms. The number of carbonyl (C=O) groups excluding carboxylic acids is 2. The Bertz CT molecular complexity index is 529. The van der Waals surface area contributed by atoms with Gasteiger partial charge in [-0.1, -0.05) is 19.3 Å². The molecule has 126 valence electrons. The Kier molecular flexibility index (Phi) is 6.31. The van der Waals surface area contributed by atoms with Gasteiger partial charge in [-0.3, -0.25) is 9.59 Å². The average molecular weight is 326 g/mol. The van der Waals surface area contributed by atoms with E-state index in [9.17, 15) is 18.4 Å². The van der Waals surface area contributed by atoms with Gasteiger partial charge < -0.3 is 15.4 Å². The number of ether oxygens (including phenoxy) is 1. The number of hydrogen-bond acceptors (Lipinski definition) is 3. The monoisotopic (exact) mass is 326 g/mol. The first-order chi connectivity index (χ1) is 11.0. The van der Waals surface area contributed by atoms with Gasteiger partial charge in [0, 0.05) is 11.6 Å². The quantitative estimate of drug-likeness (QED) is 0.844. The third-order valence-electron chi connectivity index (χ3n) is 3.72. The molecule has 1 aromatic rings. The topological polar surface area (TPSA) is 67.4 Å². The van der Waals surface area contributed by atoms with Gasteiger partial charge in [0.15, 0.2) is 0 Å². The molecule has 0 saturated heterocycles. The van der Waals surface area contributed by atoms with E-state index in [0.717, 1.165) is 25.7 Å². The Hall–Kier alpha value is -2.18. The van der Waals surface area contributed by atoms with Crippen molar-refractivity contribution in [3.63, 3.8) is 0 Å². The van der Waals surface area contributed by atoms with E-state index in [1.54, 1.807) is 0 Å². The number of hydrogen-bond donors (Lipinski definition) is 2. The summed E-state index contributed by atoms with van der Waals surface area (Å²) in [6, 6.07) is 5.49. The highest BCUT2D eigenvalue weighted by molar-refractivity contribution is 5.96. The first-order valence-corrected chi connectivity index (χ1v) is 7.67. The van der Waals surface area contributed by atoms with Crippen LogP contribution in [0.2, 0.25) is 0 Å². The zero-order chi connectivity index (χ0) is 16.7. The van der Waals surface area contributed by atoms with E-state index in [4.69, 9.17) is 0 Å². The van der Waals surface area contributed by atoms with Crippen LogP contribution in [-0.2, 0) is 4.79 Å². The maximum Gasteiger partial charge on any atom is 0.387 e. The first-order valence-electron chi connectivity index (χ1n) is 7.67. The molecule has 2 rings (SSSR count). The molecule has 0 spiro atoms. The largest absolute Gasteiger partial charge is 0.435 e. The molecule has 0 atom stereocenters. The second-order valence-corrected chi connectivity index (χ2v) is 5.49. The normalized spacial score (nSPS) is 15.3. The van der Waals surface area contributed by atoms with E-state index in [-0.39, 0.29) is 29.8 Å². The lowest BCUT2D eigenvalue weighted by atomic mass is 9.95. The van der Waals surface area contributed by atoms with Gasteiger partial charge in [-0.05, 0) is 37.1 Å². The summed E-state index contributed by atoms with van der Waals surface area (Å²) >= 11 is 0. The molecular formula is C16H20F2N2O3. The maximum absolute atomic E-state index is 12.0. The number of benzene rings is 1. The molecule has 0 unspecified atom stereocenters. The third kappa shape index (κ3) is 5.84. The van der Waals surface area contributed by atoms with E-state index >= 15 is 0 Å². The van der Waals surface area contributed by atoms with E-state index in [2.05, 4.69) is 15.4 Å². The standard InChI is InChI=1S/C16H20F2N2O3/c17-16(18)23-13-8-6-11(7-9-13)15(22)19-10-14(21)20-12-4-2-1-3-5-12/h6-9,12,16H,1-5,10H2,(H,19,22)(H,20,21). The van der Waals surface area contributed by atoms with Crippen LogP contribution in [0.4, 0.5) is 8.78 Å². The number of halogens is 2. The Balaban J connectivity index is 1.76. The summed E-state index contributed by atoms with van der Waals surface area (Å²) in [5.74, 6) is -0.679. The molecule has 2 amide bonds. The molecule has 0 aliphatic heterocycles. The van der Waals surface area contributed by atoms with Crippen LogP contribution >= 0.6 is 0 Å². The number of amides is 2. The molecule has 0 bridgehead atoms. The zero-order valence-corrected chi connectivity index (χ0v) is 12.7. The summed E-state index contributed by atoms with van der Waals surface area (Å²) in [6.45, 7) is -3.01. The van der Waals surface area contributed by atoms with Crippen LogP contribution < -0.4 is 15.4 Å². The fraction of sp³-hybridized carbons (Fsp3) is 0.500. The highest BCUT2D eigenvalue weighted by atomic mass is 19.3. The van der Waals surface area contributed by atoms with Crippen molar-refractivity contribution in [2.75, 3.05) is 6.54 Å². The fourth-order valence-corrected chi connectivity index (χ4v) is 2.58. The summed E-state index contributed by atoms with van der Waals surface area (Å²) in [5, 5.41) is 5.41. The molecule has 1 aliphatic carbocycles. The Labute approximate surface area is 133 Å². The minimum absolute atomic E-state index is 0.0217. The molecule has 1 saturated carbocycles. The lowest BCUT2D eigenvalue weighted by molar-refractivity contribution is -0.121. The minimum Gasteiger partial charge on any atom is -0.435 e. The van der Waals surface area contributed by atoms with Crippen molar-refractivity contribution >= 4 is 11.8 Å². The average Bonchev–Trinajstić information content (AvgIpc) is 2.54. The molecule has 7 heteroatoms. The number of alkyl halides is 2. The Morgan fingerprint density at radius 3 is 2.39 bits per heavy atom. The van der Waals surface area contributed by atoms with Crippen molar-refractivity contribution < 1.29 is 23.1 Å². The van der Waals surface area contributed by atoms with Crippen LogP contribution in [0.15, 0.2) is 24.3 Å². The summed E-state index contributed by atoms with van der Waals surface area (Å²) in [6.07, 6.45) is 5.39. The molecule has 1 aliphatic rings. The van der Waals surface area contributed by atoms with Gasteiger partial charge in [0.05, 0.1) is 6.54 Å². The molecule has 0 heterocycles. The lowest BCUT2D eigenvalue weighted by Gasteiger charge is -2.22. The SMILES string of the molecule is O=C(CNC(=O)c1ccc(OC(F)F)cc1)NC1CCCCC1. The molecular weight excluding hydrogens is 306 g/mol. The van der Waals surface area contributed by atoms with Crippen molar-refractivity contribution in [1.82, 2.24) is 10.6 Å². The van der Waals surface area contributed by atoms with Crippen LogP contribution in [-0.4, -0.2) is 31.0 Å². The lowest BCUT2D eigenvalue weighted by Crippen LogP contribution is -2.42. The smallest absolute Gasteiger partial charge is 0.387 e. The summed E-state index contributed by atoms with van der Waals surface area (Å²) in [5.41, 5.74) is 0.275. The van der Waals surface area contributed by atoms with Gasteiger partial charge >= 0.3 is 6.61 Å². The molecule has 2 N–H and O–H groups in total. The van der Waals surface area contributed by atoms with E-state index < -0.39 is 12.5 Å². The van der Waals surface area contributed by atoms with Crippen molar-refractivity contribution in [2.24, 2.45) is 0 Å². The second-order valence-electron chi connectivity index (χ2n) is 5.49. The van der Waals surface area contributed by atoms with Crippen LogP contribution in [0.3, 0.4) is 0 Å². The predicted molar refractivity (Wildman–Crippen MR) is 80.4 cm³/mol. The van der Waals surface area contributed by atoms with E-state index in [1.807, 2.05) is 0 Å². The van der Waals surface area contributed by atoms with Gasteiger partial charge in [-0.25, -0.2) is 0 Å². The van der Waals surface area contributed by atoms with Crippen LogP contribution in [0.25, 0.3) is 0 Å². The second kappa shape index (κ2) is 8.45.